The third kappa shape index (κ3) is 2.94. The van der Waals surface area contributed by atoms with Crippen LogP contribution in [0.3, 0.4) is 0 Å². The maximum atomic E-state index is 3.69. The molecule has 0 spiro atoms. The summed E-state index contributed by atoms with van der Waals surface area (Å²) < 4.78 is 0. The van der Waals surface area contributed by atoms with Crippen molar-refractivity contribution < 1.29 is 0 Å². The van der Waals surface area contributed by atoms with E-state index in [4.69, 9.17) is 0 Å². The molecule has 0 fully saturated rings. The normalized spacial score (nSPS) is 13.0. The number of benzene rings is 1. The first-order chi connectivity index (χ1) is 6.62. The molecule has 0 saturated heterocycles. The van der Waals surface area contributed by atoms with E-state index in [0.29, 0.717) is 0 Å². The van der Waals surface area contributed by atoms with Crippen LogP contribution in [0.1, 0.15) is 52.7 Å². The summed E-state index contributed by atoms with van der Waals surface area (Å²) >= 11 is 0. The molecule has 0 bridgehead atoms. The molecular weight excluding hydrogens is 196 g/mol. The summed E-state index contributed by atoms with van der Waals surface area (Å²) in [6.07, 6.45) is 0. The van der Waals surface area contributed by atoms with Crippen molar-refractivity contribution in [2.24, 2.45) is 0 Å². The minimum atomic E-state index is 0.193. The molecule has 81 valence electrons. The average Bonchev–Trinajstić information content (AvgIpc) is 2.00. The summed E-state index contributed by atoms with van der Waals surface area (Å²) in [5.41, 5.74) is 3.19. The topological polar surface area (TPSA) is 0 Å². The minimum absolute atomic E-state index is 0.193. The highest BCUT2D eigenvalue weighted by Crippen LogP contribution is 2.27. The summed E-state index contributed by atoms with van der Waals surface area (Å²) in [6, 6.07) is 6.69. The highest BCUT2D eigenvalue weighted by molar-refractivity contribution is 6.33. The molecule has 0 aromatic heterocycles. The molecule has 1 heteroatoms. The zero-order chi connectivity index (χ0) is 11.9. The van der Waals surface area contributed by atoms with Crippen molar-refractivity contribution in [1.29, 1.82) is 0 Å². The molecule has 0 nitrogen and oxygen atoms in total. The van der Waals surface area contributed by atoms with Crippen molar-refractivity contribution in [2.45, 2.75) is 52.4 Å². The summed E-state index contributed by atoms with van der Waals surface area (Å²) in [4.78, 5) is 0. The van der Waals surface area contributed by atoms with Crippen LogP contribution in [-0.2, 0) is 10.8 Å². The van der Waals surface area contributed by atoms with E-state index in [1.54, 1.807) is 0 Å². The first kappa shape index (κ1) is 12.5. The van der Waals surface area contributed by atoms with E-state index < -0.39 is 0 Å². The molecule has 1 rings (SSSR count). The summed E-state index contributed by atoms with van der Waals surface area (Å²) in [6.45, 7) is 13.5. The van der Waals surface area contributed by atoms with E-state index in [-0.39, 0.29) is 10.8 Å². The summed E-state index contributed by atoms with van der Waals surface area (Å²) in [7, 11) is 3.69. The van der Waals surface area contributed by atoms with Crippen molar-refractivity contribution in [3.8, 4) is 0 Å². The molecule has 0 amide bonds. The molecule has 0 unspecified atom stereocenters. The lowest BCUT2D eigenvalue weighted by Crippen LogP contribution is -2.25. The zero-order valence-electron chi connectivity index (χ0n) is 10.7. The second-order valence-corrected chi connectivity index (χ2v) is 6.80. The van der Waals surface area contributed by atoms with Crippen molar-refractivity contribution in [3.05, 3.63) is 29.3 Å². The highest BCUT2D eigenvalue weighted by Gasteiger charge is 2.20. The Hall–Kier alpha value is -0.563. The molecular formula is C14H21Si. The van der Waals surface area contributed by atoms with Crippen LogP contribution in [0, 0.1) is 0 Å². The Morgan fingerprint density at radius 3 is 1.80 bits per heavy atom. The van der Waals surface area contributed by atoms with E-state index in [9.17, 15) is 0 Å². The Morgan fingerprint density at radius 1 is 0.867 bits per heavy atom. The van der Waals surface area contributed by atoms with Crippen LogP contribution in [0.4, 0.5) is 0 Å². The van der Waals surface area contributed by atoms with Gasteiger partial charge in [0, 0.05) is 0 Å². The monoisotopic (exact) mass is 217 g/mol. The summed E-state index contributed by atoms with van der Waals surface area (Å²) in [5, 5.41) is 1.20. The van der Waals surface area contributed by atoms with Gasteiger partial charge in [0.15, 0.2) is 0 Å². The van der Waals surface area contributed by atoms with Crippen LogP contribution < -0.4 is 5.19 Å². The molecule has 0 N–H and O–H groups in total. The van der Waals surface area contributed by atoms with Crippen LogP contribution >= 0.6 is 0 Å². The van der Waals surface area contributed by atoms with Crippen molar-refractivity contribution in [2.75, 3.05) is 0 Å². The molecule has 1 aromatic rings. The van der Waals surface area contributed by atoms with E-state index >= 15 is 0 Å². The van der Waals surface area contributed by atoms with Crippen LogP contribution in [0.5, 0.6) is 0 Å². The van der Waals surface area contributed by atoms with Gasteiger partial charge in [-0.05, 0) is 22.0 Å². The molecule has 0 saturated carbocycles. The van der Waals surface area contributed by atoms with E-state index in [1.165, 1.54) is 16.3 Å². The predicted molar refractivity (Wildman–Crippen MR) is 69.2 cm³/mol. The Morgan fingerprint density at radius 2 is 1.40 bits per heavy atom. The molecule has 0 aliphatic heterocycles. The maximum absolute atomic E-state index is 3.69. The smallest absolute Gasteiger partial charge is 0.0637 e. The van der Waals surface area contributed by atoms with Gasteiger partial charge in [-0.15, -0.1) is 0 Å². The lowest BCUT2D eigenvalue weighted by Gasteiger charge is -2.26. The Bertz CT molecular complexity index is 351. The van der Waals surface area contributed by atoms with Gasteiger partial charge in [0.05, 0.1) is 10.2 Å². The van der Waals surface area contributed by atoms with Gasteiger partial charge >= 0.3 is 0 Å². The quantitative estimate of drug-likeness (QED) is 0.586. The molecule has 0 atom stereocenters. The minimum Gasteiger partial charge on any atom is -0.0637 e. The SMILES string of the molecule is CC(C)(C)c1ccc([Si])c(C(C)(C)C)c1. The second kappa shape index (κ2) is 3.78. The van der Waals surface area contributed by atoms with Crippen molar-refractivity contribution in [1.82, 2.24) is 0 Å². The van der Waals surface area contributed by atoms with Gasteiger partial charge < -0.3 is 0 Å². The number of hydrogen-bond acceptors (Lipinski definition) is 0. The van der Waals surface area contributed by atoms with Gasteiger partial charge in [-0.1, -0.05) is 64.9 Å². The Kier molecular flexibility index (Phi) is 3.15. The van der Waals surface area contributed by atoms with Gasteiger partial charge in [0.1, 0.15) is 0 Å². The average molecular weight is 217 g/mol. The van der Waals surface area contributed by atoms with E-state index in [1.807, 2.05) is 0 Å². The number of rotatable bonds is 0. The van der Waals surface area contributed by atoms with Crippen molar-refractivity contribution in [3.63, 3.8) is 0 Å². The third-order valence-electron chi connectivity index (χ3n) is 2.69. The Labute approximate surface area is 97.5 Å². The van der Waals surface area contributed by atoms with Crippen LogP contribution in [-0.4, -0.2) is 10.2 Å². The fraction of sp³-hybridized carbons (Fsp3) is 0.571. The van der Waals surface area contributed by atoms with Crippen molar-refractivity contribution >= 4 is 15.4 Å². The largest absolute Gasteiger partial charge is 0.0716 e. The molecule has 3 radical (unpaired) electrons. The summed E-state index contributed by atoms with van der Waals surface area (Å²) in [5.74, 6) is 0. The van der Waals surface area contributed by atoms with Gasteiger partial charge in [0.2, 0.25) is 0 Å². The molecule has 0 heterocycles. The second-order valence-electron chi connectivity index (χ2n) is 6.26. The first-order valence-corrected chi connectivity index (χ1v) is 5.99. The maximum Gasteiger partial charge on any atom is 0.0716 e. The molecule has 15 heavy (non-hydrogen) atoms. The highest BCUT2D eigenvalue weighted by atomic mass is 28.1. The molecule has 0 aliphatic carbocycles. The fourth-order valence-electron chi connectivity index (χ4n) is 1.63. The van der Waals surface area contributed by atoms with Crippen LogP contribution in [0.15, 0.2) is 18.2 Å². The fourth-order valence-corrected chi connectivity index (χ4v) is 2.16. The molecule has 0 aliphatic rings. The first-order valence-electron chi connectivity index (χ1n) is 5.49. The lowest BCUT2D eigenvalue weighted by molar-refractivity contribution is 0.571. The molecule has 1 aromatic carbocycles. The predicted octanol–water partition coefficient (Wildman–Crippen LogP) is 3.08. The lowest BCUT2D eigenvalue weighted by atomic mass is 9.81. The Balaban J connectivity index is 3.30. The number of hydrogen-bond donors (Lipinski definition) is 0. The third-order valence-corrected chi connectivity index (χ3v) is 3.13. The zero-order valence-corrected chi connectivity index (χ0v) is 11.7. The van der Waals surface area contributed by atoms with E-state index in [2.05, 4.69) is 70.0 Å². The van der Waals surface area contributed by atoms with Crippen LogP contribution in [0.2, 0.25) is 0 Å². The van der Waals surface area contributed by atoms with Gasteiger partial charge in [-0.3, -0.25) is 0 Å². The van der Waals surface area contributed by atoms with Gasteiger partial charge in [-0.25, -0.2) is 0 Å². The standard InChI is InChI=1S/C14H21Si/c1-13(2,3)10-7-8-12(15)11(9-10)14(4,5)6/h7-9H,1-6H3. The van der Waals surface area contributed by atoms with Gasteiger partial charge in [0.25, 0.3) is 0 Å². The van der Waals surface area contributed by atoms with E-state index in [0.717, 1.165) is 0 Å². The van der Waals surface area contributed by atoms with Gasteiger partial charge in [-0.2, -0.15) is 0 Å². The van der Waals surface area contributed by atoms with Crippen LogP contribution in [0.25, 0.3) is 0 Å².